The van der Waals surface area contributed by atoms with Crippen LogP contribution in [0.3, 0.4) is 0 Å². The summed E-state index contributed by atoms with van der Waals surface area (Å²) in [5.41, 5.74) is 1.99. The summed E-state index contributed by atoms with van der Waals surface area (Å²) in [6, 6.07) is 15.9. The van der Waals surface area contributed by atoms with Crippen LogP contribution in [-0.4, -0.2) is 27.9 Å². The molecule has 148 valence electrons. The number of carbonyl (C=O) groups excluding carboxylic acids is 2. The Bertz CT molecular complexity index is 1050. The zero-order valence-electron chi connectivity index (χ0n) is 15.6. The molecule has 0 aliphatic heterocycles. The van der Waals surface area contributed by atoms with Crippen molar-refractivity contribution >= 4 is 34.3 Å². The second-order valence-corrected chi connectivity index (χ2v) is 7.29. The minimum atomic E-state index is -1.09. The van der Waals surface area contributed by atoms with Crippen LogP contribution in [0.25, 0.3) is 0 Å². The lowest BCUT2D eigenvalue weighted by atomic mass is 10.0. The molecule has 0 fully saturated rings. The average Bonchev–Trinajstić information content (AvgIpc) is 3.07. The predicted octanol–water partition coefficient (Wildman–Crippen LogP) is 3.26. The van der Waals surface area contributed by atoms with E-state index in [0.29, 0.717) is 27.8 Å². The molecule has 3 aromatic rings. The molecule has 0 aliphatic carbocycles. The highest BCUT2D eigenvalue weighted by molar-refractivity contribution is 7.17. The molecular formula is C21H19N3O4S. The first-order valence-electron chi connectivity index (χ1n) is 8.84. The first-order chi connectivity index (χ1) is 13.9. The summed E-state index contributed by atoms with van der Waals surface area (Å²) >= 11 is 1.08. The van der Waals surface area contributed by atoms with Crippen LogP contribution in [0.2, 0.25) is 0 Å². The number of carboxylic acids is 1. The van der Waals surface area contributed by atoms with E-state index < -0.39 is 11.9 Å². The van der Waals surface area contributed by atoms with Crippen LogP contribution in [0.1, 0.15) is 36.9 Å². The number of hydrogen-bond acceptors (Lipinski definition) is 5. The Morgan fingerprint density at radius 2 is 1.72 bits per heavy atom. The van der Waals surface area contributed by atoms with Gasteiger partial charge in [0.2, 0.25) is 5.91 Å². The van der Waals surface area contributed by atoms with Crippen molar-refractivity contribution < 1.29 is 19.5 Å². The molecule has 1 aromatic heterocycles. The third kappa shape index (κ3) is 5.26. The summed E-state index contributed by atoms with van der Waals surface area (Å²) in [5.74, 6) is -1.75. The maximum atomic E-state index is 12.4. The number of anilines is 1. The van der Waals surface area contributed by atoms with Gasteiger partial charge in [-0.2, -0.15) is 0 Å². The Balaban J connectivity index is 1.63. The smallest absolute Gasteiger partial charge is 0.335 e. The topological polar surface area (TPSA) is 108 Å². The standard InChI is InChI=1S/C21H19N3O4S/c1-13-18(19(26)22-12-14-7-3-2-4-8-14)29-21(23-13)24-17(25)11-15-9-5-6-10-16(15)20(27)28/h2-10H,11-12H2,1H3,(H,22,26)(H,27,28)(H,23,24,25). The van der Waals surface area contributed by atoms with Crippen LogP contribution in [0, 0.1) is 6.92 Å². The number of thiazole rings is 1. The molecule has 0 spiro atoms. The molecule has 0 atom stereocenters. The van der Waals surface area contributed by atoms with Crippen LogP contribution in [0.15, 0.2) is 54.6 Å². The highest BCUT2D eigenvalue weighted by Gasteiger charge is 2.18. The van der Waals surface area contributed by atoms with E-state index in [4.69, 9.17) is 0 Å². The normalized spacial score (nSPS) is 10.4. The minimum Gasteiger partial charge on any atom is -0.478 e. The number of nitrogens with one attached hydrogen (secondary N) is 2. The number of aryl methyl sites for hydroxylation is 1. The quantitative estimate of drug-likeness (QED) is 0.555. The molecule has 8 heteroatoms. The summed E-state index contributed by atoms with van der Waals surface area (Å²) in [4.78, 5) is 40.7. The monoisotopic (exact) mass is 409 g/mol. The van der Waals surface area contributed by atoms with E-state index in [0.717, 1.165) is 16.9 Å². The van der Waals surface area contributed by atoms with Crippen LogP contribution >= 0.6 is 11.3 Å². The van der Waals surface area contributed by atoms with Crippen molar-refractivity contribution in [1.82, 2.24) is 10.3 Å². The van der Waals surface area contributed by atoms with Crippen molar-refractivity contribution in [1.29, 1.82) is 0 Å². The fourth-order valence-corrected chi connectivity index (χ4v) is 3.64. The fraction of sp³-hybridized carbons (Fsp3) is 0.143. The Hall–Kier alpha value is -3.52. The van der Waals surface area contributed by atoms with Crippen LogP contribution in [0.4, 0.5) is 5.13 Å². The maximum absolute atomic E-state index is 12.4. The molecular weight excluding hydrogens is 390 g/mol. The highest BCUT2D eigenvalue weighted by atomic mass is 32.1. The van der Waals surface area contributed by atoms with E-state index in [2.05, 4.69) is 15.6 Å². The number of nitrogens with zero attached hydrogens (tertiary/aromatic N) is 1. The van der Waals surface area contributed by atoms with Crippen LogP contribution < -0.4 is 10.6 Å². The molecule has 3 rings (SSSR count). The summed E-state index contributed by atoms with van der Waals surface area (Å²) in [6.45, 7) is 2.09. The van der Waals surface area contributed by atoms with Gasteiger partial charge >= 0.3 is 5.97 Å². The Morgan fingerprint density at radius 1 is 1.03 bits per heavy atom. The Labute approximate surface area is 171 Å². The summed E-state index contributed by atoms with van der Waals surface area (Å²) in [6.07, 6.45) is -0.101. The molecule has 2 amide bonds. The molecule has 3 N–H and O–H groups in total. The van der Waals surface area contributed by atoms with E-state index in [9.17, 15) is 19.5 Å². The summed E-state index contributed by atoms with van der Waals surface area (Å²) < 4.78 is 0. The summed E-state index contributed by atoms with van der Waals surface area (Å²) in [7, 11) is 0. The van der Waals surface area contributed by atoms with Crippen molar-refractivity contribution in [2.45, 2.75) is 19.9 Å². The number of carbonyl (C=O) groups is 3. The van der Waals surface area contributed by atoms with Crippen molar-refractivity contribution in [2.75, 3.05) is 5.32 Å². The van der Waals surface area contributed by atoms with Gasteiger partial charge in [0.1, 0.15) is 4.88 Å². The molecule has 29 heavy (non-hydrogen) atoms. The molecule has 1 heterocycles. The molecule has 0 aliphatic rings. The first-order valence-corrected chi connectivity index (χ1v) is 9.66. The van der Waals surface area contributed by atoms with Gasteiger partial charge in [-0.3, -0.25) is 9.59 Å². The molecule has 0 saturated heterocycles. The molecule has 0 unspecified atom stereocenters. The highest BCUT2D eigenvalue weighted by Crippen LogP contribution is 2.23. The average molecular weight is 409 g/mol. The third-order valence-corrected chi connectivity index (χ3v) is 5.22. The van der Waals surface area contributed by atoms with E-state index in [-0.39, 0.29) is 17.9 Å². The number of aromatic carboxylic acids is 1. The van der Waals surface area contributed by atoms with Gasteiger partial charge in [0.05, 0.1) is 17.7 Å². The van der Waals surface area contributed by atoms with E-state index in [1.807, 2.05) is 30.3 Å². The van der Waals surface area contributed by atoms with E-state index >= 15 is 0 Å². The molecule has 7 nitrogen and oxygen atoms in total. The maximum Gasteiger partial charge on any atom is 0.335 e. The van der Waals surface area contributed by atoms with Gasteiger partial charge in [-0.15, -0.1) is 0 Å². The van der Waals surface area contributed by atoms with E-state index in [1.54, 1.807) is 25.1 Å². The molecule has 2 aromatic carbocycles. The second-order valence-electron chi connectivity index (χ2n) is 6.29. The summed E-state index contributed by atoms with van der Waals surface area (Å²) in [5, 5.41) is 15.0. The number of aromatic nitrogens is 1. The number of amides is 2. The van der Waals surface area contributed by atoms with Crippen LogP contribution in [-0.2, 0) is 17.8 Å². The van der Waals surface area contributed by atoms with Gasteiger partial charge < -0.3 is 15.7 Å². The number of carboxylic acid groups (broad SMARTS) is 1. The van der Waals surface area contributed by atoms with Gasteiger partial charge in [0.25, 0.3) is 5.91 Å². The third-order valence-electron chi connectivity index (χ3n) is 4.14. The number of rotatable bonds is 7. The van der Waals surface area contributed by atoms with Crippen molar-refractivity contribution in [2.24, 2.45) is 0 Å². The van der Waals surface area contributed by atoms with Gasteiger partial charge in [-0.05, 0) is 24.1 Å². The lowest BCUT2D eigenvalue weighted by Gasteiger charge is -2.05. The Kier molecular flexibility index (Phi) is 6.36. The van der Waals surface area contributed by atoms with Gasteiger partial charge in [0, 0.05) is 6.54 Å². The van der Waals surface area contributed by atoms with Crippen molar-refractivity contribution in [3.8, 4) is 0 Å². The molecule has 0 radical (unpaired) electrons. The SMILES string of the molecule is Cc1nc(NC(=O)Cc2ccccc2C(=O)O)sc1C(=O)NCc1ccccc1. The van der Waals surface area contributed by atoms with Gasteiger partial charge in [-0.25, -0.2) is 9.78 Å². The molecule has 0 bridgehead atoms. The van der Waals surface area contributed by atoms with E-state index in [1.165, 1.54) is 6.07 Å². The van der Waals surface area contributed by atoms with Crippen molar-refractivity contribution in [3.05, 3.63) is 81.9 Å². The predicted molar refractivity (Wildman–Crippen MR) is 110 cm³/mol. The fourth-order valence-electron chi connectivity index (χ4n) is 2.74. The first kappa shape index (κ1) is 20.2. The number of hydrogen-bond donors (Lipinski definition) is 3. The zero-order chi connectivity index (χ0) is 20.8. The van der Waals surface area contributed by atoms with Crippen molar-refractivity contribution in [3.63, 3.8) is 0 Å². The lowest BCUT2D eigenvalue weighted by Crippen LogP contribution is -2.22. The minimum absolute atomic E-state index is 0.0824. The second kappa shape index (κ2) is 9.11. The largest absolute Gasteiger partial charge is 0.478 e. The van der Waals surface area contributed by atoms with Gasteiger partial charge in [-0.1, -0.05) is 59.9 Å². The zero-order valence-corrected chi connectivity index (χ0v) is 16.5. The molecule has 0 saturated carbocycles. The lowest BCUT2D eigenvalue weighted by molar-refractivity contribution is -0.115. The van der Waals surface area contributed by atoms with Crippen LogP contribution in [0.5, 0.6) is 0 Å². The Morgan fingerprint density at radius 3 is 2.45 bits per heavy atom. The van der Waals surface area contributed by atoms with Gasteiger partial charge in [0.15, 0.2) is 5.13 Å². The number of benzene rings is 2.